The van der Waals surface area contributed by atoms with Crippen LogP contribution in [0.2, 0.25) is 0 Å². The Morgan fingerprint density at radius 2 is 1.80 bits per heavy atom. The summed E-state index contributed by atoms with van der Waals surface area (Å²) in [5, 5.41) is 8.85. The third-order valence-corrected chi connectivity index (χ3v) is 6.38. The summed E-state index contributed by atoms with van der Waals surface area (Å²) in [4.78, 5) is 17.0. The van der Waals surface area contributed by atoms with Gasteiger partial charge in [-0.3, -0.25) is 4.79 Å². The van der Waals surface area contributed by atoms with E-state index in [-0.39, 0.29) is 5.91 Å². The van der Waals surface area contributed by atoms with Crippen LogP contribution in [0.4, 0.5) is 0 Å². The maximum atomic E-state index is 12.3. The minimum atomic E-state index is 0.0885. The predicted octanol–water partition coefficient (Wildman–Crippen LogP) is 5.13. The number of benzene rings is 2. The molecule has 154 valence electrons. The summed E-state index contributed by atoms with van der Waals surface area (Å²) in [6.45, 7) is 4.56. The Morgan fingerprint density at radius 1 is 1.03 bits per heavy atom. The molecule has 2 aromatic heterocycles. The first-order valence-electron chi connectivity index (χ1n) is 10.3. The molecule has 4 aromatic rings. The SMILES string of the molecule is Cc1nn(-c2ccccc2)c(C)c1CNC(=O)CCCCc1nc2ccccc2s1. The highest BCUT2D eigenvalue weighted by Crippen LogP contribution is 2.23. The number of aryl methyl sites for hydroxylation is 2. The lowest BCUT2D eigenvalue weighted by atomic mass is 10.1. The van der Waals surface area contributed by atoms with Gasteiger partial charge in [-0.05, 0) is 57.4 Å². The van der Waals surface area contributed by atoms with E-state index in [0.717, 1.165) is 52.4 Å². The van der Waals surface area contributed by atoms with E-state index in [2.05, 4.69) is 21.5 Å². The predicted molar refractivity (Wildman–Crippen MR) is 122 cm³/mol. The summed E-state index contributed by atoms with van der Waals surface area (Å²) in [6, 6.07) is 18.3. The maximum Gasteiger partial charge on any atom is 0.220 e. The van der Waals surface area contributed by atoms with Crippen LogP contribution in [0.1, 0.15) is 41.2 Å². The van der Waals surface area contributed by atoms with Crippen molar-refractivity contribution in [3.05, 3.63) is 76.6 Å². The highest BCUT2D eigenvalue weighted by Gasteiger charge is 2.13. The number of fused-ring (bicyclic) bond motifs is 1. The Hall–Kier alpha value is -2.99. The van der Waals surface area contributed by atoms with Crippen LogP contribution in [0, 0.1) is 13.8 Å². The van der Waals surface area contributed by atoms with Crippen molar-refractivity contribution in [3.8, 4) is 5.69 Å². The van der Waals surface area contributed by atoms with E-state index in [4.69, 9.17) is 0 Å². The average molecular weight is 419 g/mol. The lowest BCUT2D eigenvalue weighted by Crippen LogP contribution is -2.23. The van der Waals surface area contributed by atoms with Gasteiger partial charge in [0.1, 0.15) is 0 Å². The van der Waals surface area contributed by atoms with Crippen molar-refractivity contribution >= 4 is 27.5 Å². The third-order valence-electron chi connectivity index (χ3n) is 5.29. The Morgan fingerprint density at radius 3 is 2.60 bits per heavy atom. The lowest BCUT2D eigenvalue weighted by Gasteiger charge is -2.07. The van der Waals surface area contributed by atoms with Crippen molar-refractivity contribution < 1.29 is 4.79 Å². The van der Waals surface area contributed by atoms with Crippen LogP contribution in [0.5, 0.6) is 0 Å². The fraction of sp³-hybridized carbons (Fsp3) is 0.292. The van der Waals surface area contributed by atoms with Gasteiger partial charge in [-0.1, -0.05) is 30.3 Å². The summed E-state index contributed by atoms with van der Waals surface area (Å²) < 4.78 is 3.17. The number of aromatic nitrogens is 3. The number of rotatable bonds is 8. The van der Waals surface area contributed by atoms with Crippen molar-refractivity contribution in [2.45, 2.75) is 46.1 Å². The summed E-state index contributed by atoms with van der Waals surface area (Å²) >= 11 is 1.75. The van der Waals surface area contributed by atoms with E-state index in [1.807, 2.05) is 67.1 Å². The zero-order chi connectivity index (χ0) is 20.9. The van der Waals surface area contributed by atoms with Crippen molar-refractivity contribution in [1.82, 2.24) is 20.1 Å². The molecule has 2 heterocycles. The van der Waals surface area contributed by atoms with Gasteiger partial charge in [-0.2, -0.15) is 5.10 Å². The van der Waals surface area contributed by atoms with Gasteiger partial charge in [0.15, 0.2) is 0 Å². The first-order chi connectivity index (χ1) is 14.6. The Labute approximate surface area is 180 Å². The number of hydrogen-bond donors (Lipinski definition) is 1. The largest absolute Gasteiger partial charge is 0.352 e. The molecule has 0 saturated heterocycles. The number of para-hydroxylation sites is 2. The molecular weight excluding hydrogens is 392 g/mol. The van der Waals surface area contributed by atoms with Crippen molar-refractivity contribution in [3.63, 3.8) is 0 Å². The Kier molecular flexibility index (Phi) is 6.23. The molecule has 0 fully saturated rings. The van der Waals surface area contributed by atoms with Crippen molar-refractivity contribution in [1.29, 1.82) is 0 Å². The van der Waals surface area contributed by atoms with Crippen LogP contribution in [-0.2, 0) is 17.8 Å². The van der Waals surface area contributed by atoms with E-state index < -0.39 is 0 Å². The van der Waals surface area contributed by atoms with Gasteiger partial charge in [0.05, 0.1) is 26.6 Å². The second-order valence-electron chi connectivity index (χ2n) is 7.46. The van der Waals surface area contributed by atoms with E-state index in [1.165, 1.54) is 4.70 Å². The molecular formula is C24H26N4OS. The standard InChI is InChI=1S/C24H26N4OS/c1-17-20(18(2)28(27-17)19-10-4-3-5-11-19)16-25-23(29)14-8-9-15-24-26-21-12-6-7-13-22(21)30-24/h3-7,10-13H,8-9,14-16H2,1-2H3,(H,25,29). The molecule has 0 atom stereocenters. The molecule has 2 aromatic carbocycles. The molecule has 1 amide bonds. The molecule has 0 unspecified atom stereocenters. The van der Waals surface area contributed by atoms with E-state index >= 15 is 0 Å². The number of carbonyl (C=O) groups excluding carboxylic acids is 1. The van der Waals surface area contributed by atoms with Crippen LogP contribution in [0.15, 0.2) is 54.6 Å². The van der Waals surface area contributed by atoms with Gasteiger partial charge in [-0.15, -0.1) is 11.3 Å². The van der Waals surface area contributed by atoms with Gasteiger partial charge >= 0.3 is 0 Å². The van der Waals surface area contributed by atoms with E-state index in [0.29, 0.717) is 13.0 Å². The number of unbranched alkanes of at least 4 members (excludes halogenated alkanes) is 1. The van der Waals surface area contributed by atoms with E-state index in [9.17, 15) is 4.79 Å². The maximum absolute atomic E-state index is 12.3. The molecule has 4 rings (SSSR count). The van der Waals surface area contributed by atoms with Crippen LogP contribution in [0.3, 0.4) is 0 Å². The second kappa shape index (κ2) is 9.22. The fourth-order valence-corrected chi connectivity index (χ4v) is 4.62. The fourth-order valence-electron chi connectivity index (χ4n) is 3.62. The lowest BCUT2D eigenvalue weighted by molar-refractivity contribution is -0.121. The minimum absolute atomic E-state index is 0.0885. The molecule has 0 aliphatic rings. The topological polar surface area (TPSA) is 59.8 Å². The minimum Gasteiger partial charge on any atom is -0.352 e. The number of nitrogens with zero attached hydrogens (tertiary/aromatic N) is 3. The number of carbonyl (C=O) groups is 1. The van der Waals surface area contributed by atoms with Crippen LogP contribution in [0.25, 0.3) is 15.9 Å². The smallest absolute Gasteiger partial charge is 0.220 e. The highest BCUT2D eigenvalue weighted by atomic mass is 32.1. The summed E-state index contributed by atoms with van der Waals surface area (Å²) in [6.07, 6.45) is 3.30. The highest BCUT2D eigenvalue weighted by molar-refractivity contribution is 7.18. The molecule has 0 aliphatic heterocycles. The van der Waals surface area contributed by atoms with Crippen molar-refractivity contribution in [2.24, 2.45) is 0 Å². The molecule has 30 heavy (non-hydrogen) atoms. The van der Waals surface area contributed by atoms with Gasteiger partial charge in [0, 0.05) is 24.2 Å². The number of nitrogens with one attached hydrogen (secondary N) is 1. The molecule has 6 heteroatoms. The summed E-state index contributed by atoms with van der Waals surface area (Å²) in [5.74, 6) is 0.0885. The monoisotopic (exact) mass is 418 g/mol. The Balaban J connectivity index is 1.25. The van der Waals surface area contributed by atoms with Gasteiger partial charge < -0.3 is 5.32 Å². The van der Waals surface area contributed by atoms with Crippen LogP contribution >= 0.6 is 11.3 Å². The first kappa shape index (κ1) is 20.3. The van der Waals surface area contributed by atoms with Gasteiger partial charge in [0.25, 0.3) is 0 Å². The third kappa shape index (κ3) is 4.60. The molecule has 0 spiro atoms. The second-order valence-corrected chi connectivity index (χ2v) is 8.57. The number of hydrogen-bond acceptors (Lipinski definition) is 4. The van der Waals surface area contributed by atoms with Crippen LogP contribution in [-0.4, -0.2) is 20.7 Å². The van der Waals surface area contributed by atoms with Gasteiger partial charge in [0.2, 0.25) is 5.91 Å². The normalized spacial score (nSPS) is 11.1. The molecule has 1 N–H and O–H groups in total. The molecule has 5 nitrogen and oxygen atoms in total. The summed E-state index contributed by atoms with van der Waals surface area (Å²) in [7, 11) is 0. The molecule has 0 radical (unpaired) electrons. The number of amides is 1. The van der Waals surface area contributed by atoms with E-state index in [1.54, 1.807) is 11.3 Å². The van der Waals surface area contributed by atoms with Crippen LogP contribution < -0.4 is 5.32 Å². The van der Waals surface area contributed by atoms with Crippen molar-refractivity contribution in [2.75, 3.05) is 0 Å². The number of thiazole rings is 1. The van der Waals surface area contributed by atoms with Gasteiger partial charge in [-0.25, -0.2) is 9.67 Å². The quantitative estimate of drug-likeness (QED) is 0.404. The first-order valence-corrected chi connectivity index (χ1v) is 11.1. The molecule has 0 aliphatic carbocycles. The summed E-state index contributed by atoms with van der Waals surface area (Å²) in [5.41, 5.74) is 5.20. The Bertz CT molecular complexity index is 1110. The molecule has 0 bridgehead atoms. The zero-order valence-corrected chi connectivity index (χ0v) is 18.2. The zero-order valence-electron chi connectivity index (χ0n) is 17.4. The average Bonchev–Trinajstić information content (AvgIpc) is 3.30. The molecule has 0 saturated carbocycles.